The van der Waals surface area contributed by atoms with E-state index in [0.29, 0.717) is 0 Å². The van der Waals surface area contributed by atoms with Gasteiger partial charge in [-0.3, -0.25) is 0 Å². The largest absolute Gasteiger partial charge is 0.364 e. The van der Waals surface area contributed by atoms with Crippen LogP contribution in [-0.4, -0.2) is 24.7 Å². The predicted molar refractivity (Wildman–Crippen MR) is 77.4 cm³/mol. The molecule has 20 heavy (non-hydrogen) atoms. The van der Waals surface area contributed by atoms with Crippen LogP contribution in [0.25, 0.3) is 0 Å². The van der Waals surface area contributed by atoms with Gasteiger partial charge in [0.15, 0.2) is 0 Å². The minimum Gasteiger partial charge on any atom is -0.364 e. The van der Waals surface area contributed by atoms with Crippen molar-refractivity contribution in [3.8, 4) is 0 Å². The lowest BCUT2D eigenvalue weighted by Gasteiger charge is -2.59. The van der Waals surface area contributed by atoms with Crippen molar-refractivity contribution in [3.63, 3.8) is 0 Å². The summed E-state index contributed by atoms with van der Waals surface area (Å²) in [5.74, 6) is 0.898. The fourth-order valence-electron chi connectivity index (χ4n) is 3.84. The van der Waals surface area contributed by atoms with Crippen molar-refractivity contribution in [1.29, 1.82) is 0 Å². The highest BCUT2D eigenvalue weighted by Crippen LogP contribution is 2.56. The Morgan fingerprint density at radius 3 is 2.65 bits per heavy atom. The molecule has 4 rings (SSSR count). The summed E-state index contributed by atoms with van der Waals surface area (Å²) in [6.07, 6.45) is 3.85. The molecule has 0 aromatic carbocycles. The van der Waals surface area contributed by atoms with Crippen molar-refractivity contribution in [1.82, 2.24) is 4.98 Å². The summed E-state index contributed by atoms with van der Waals surface area (Å²) >= 11 is 0. The molecule has 0 radical (unpaired) electrons. The Morgan fingerprint density at radius 1 is 1.35 bits per heavy atom. The molecule has 5 nitrogen and oxygen atoms in total. The van der Waals surface area contributed by atoms with Crippen LogP contribution < -0.4 is 11.1 Å². The molecule has 1 aliphatic carbocycles. The Labute approximate surface area is 119 Å². The highest BCUT2D eigenvalue weighted by molar-refractivity contribution is 5.59. The first-order valence-electron chi connectivity index (χ1n) is 7.20. The fraction of sp³-hybridized carbons (Fsp3) is 0.667. The molecule has 0 unspecified atom stereocenters. The van der Waals surface area contributed by atoms with Gasteiger partial charge >= 0.3 is 0 Å². The summed E-state index contributed by atoms with van der Waals surface area (Å²) in [4.78, 5) is 4.67. The second-order valence-electron chi connectivity index (χ2n) is 6.10. The monoisotopic (exact) mass is 277 g/mol. The molecule has 0 amide bonds. The summed E-state index contributed by atoms with van der Waals surface area (Å²) in [5.41, 5.74) is 8.34. The molecular formula is C15H23N3O2. The second-order valence-corrected chi connectivity index (χ2v) is 6.10. The van der Waals surface area contributed by atoms with E-state index < -0.39 is 6.29 Å². The number of methoxy groups -OCH3 is 2. The van der Waals surface area contributed by atoms with Crippen molar-refractivity contribution in [2.75, 3.05) is 19.5 Å². The normalized spacial score (nSPS) is 30.6. The average molecular weight is 277 g/mol. The zero-order valence-electron chi connectivity index (χ0n) is 12.4. The van der Waals surface area contributed by atoms with E-state index in [0.717, 1.165) is 42.8 Å². The Morgan fingerprint density at radius 2 is 2.05 bits per heavy atom. The average Bonchev–Trinajstić information content (AvgIpc) is 2.38. The van der Waals surface area contributed by atoms with Crippen molar-refractivity contribution >= 4 is 5.82 Å². The first-order valence-corrected chi connectivity index (χ1v) is 7.20. The van der Waals surface area contributed by atoms with E-state index in [1.807, 2.05) is 6.07 Å². The quantitative estimate of drug-likeness (QED) is 0.808. The molecular weight excluding hydrogens is 254 g/mol. The van der Waals surface area contributed by atoms with Crippen molar-refractivity contribution in [2.45, 2.75) is 50.0 Å². The van der Waals surface area contributed by atoms with Crippen LogP contribution in [0.15, 0.2) is 12.1 Å². The van der Waals surface area contributed by atoms with E-state index in [1.54, 1.807) is 14.2 Å². The highest BCUT2D eigenvalue weighted by Gasteiger charge is 2.57. The van der Waals surface area contributed by atoms with Gasteiger partial charge in [-0.15, -0.1) is 0 Å². The minimum absolute atomic E-state index is 0.137. The summed E-state index contributed by atoms with van der Waals surface area (Å²) in [6.45, 7) is 2.21. The molecule has 0 saturated heterocycles. The SMILES string of the molecule is CCCC12CC(N)(C1)c1ccc(C(OC)OC)nc1N2. The number of nitrogens with one attached hydrogen (secondary N) is 1. The van der Waals surface area contributed by atoms with E-state index in [4.69, 9.17) is 15.2 Å². The van der Waals surface area contributed by atoms with Crippen molar-refractivity contribution < 1.29 is 9.47 Å². The smallest absolute Gasteiger partial charge is 0.200 e. The Bertz CT molecular complexity index is 508. The van der Waals surface area contributed by atoms with Crippen LogP contribution in [0.2, 0.25) is 0 Å². The Kier molecular flexibility index (Phi) is 3.23. The van der Waals surface area contributed by atoms with E-state index in [9.17, 15) is 0 Å². The molecule has 1 aromatic rings. The number of nitrogens with zero attached hydrogens (tertiary/aromatic N) is 1. The fourth-order valence-corrected chi connectivity index (χ4v) is 3.84. The van der Waals surface area contributed by atoms with Crippen LogP contribution in [-0.2, 0) is 15.0 Å². The predicted octanol–water partition coefficient (Wildman–Crippen LogP) is 2.29. The lowest BCUT2D eigenvalue weighted by Crippen LogP contribution is -2.67. The molecule has 110 valence electrons. The van der Waals surface area contributed by atoms with Crippen molar-refractivity contribution in [2.24, 2.45) is 5.73 Å². The molecule has 3 aliphatic rings. The van der Waals surface area contributed by atoms with Gasteiger partial charge in [0, 0.05) is 30.9 Å². The number of anilines is 1. The van der Waals surface area contributed by atoms with Crippen LogP contribution in [0.5, 0.6) is 0 Å². The molecule has 0 atom stereocenters. The first-order chi connectivity index (χ1) is 9.56. The number of aromatic nitrogens is 1. The topological polar surface area (TPSA) is 69.4 Å². The summed E-state index contributed by atoms with van der Waals surface area (Å²) in [7, 11) is 3.23. The van der Waals surface area contributed by atoms with E-state index >= 15 is 0 Å². The second kappa shape index (κ2) is 4.69. The van der Waals surface area contributed by atoms with Crippen LogP contribution in [0.1, 0.15) is 50.2 Å². The van der Waals surface area contributed by atoms with Gasteiger partial charge in [-0.25, -0.2) is 4.98 Å². The van der Waals surface area contributed by atoms with Crippen molar-refractivity contribution in [3.05, 3.63) is 23.4 Å². The zero-order chi connectivity index (χ0) is 14.4. The molecule has 1 aromatic heterocycles. The summed E-state index contributed by atoms with van der Waals surface area (Å²) in [6, 6.07) is 4.00. The molecule has 2 bridgehead atoms. The summed E-state index contributed by atoms with van der Waals surface area (Å²) in [5, 5.41) is 3.61. The van der Waals surface area contributed by atoms with Crippen LogP contribution >= 0.6 is 0 Å². The maximum atomic E-state index is 6.52. The van der Waals surface area contributed by atoms with E-state index in [1.165, 1.54) is 0 Å². The van der Waals surface area contributed by atoms with Gasteiger partial charge in [-0.1, -0.05) is 19.4 Å². The number of pyridine rings is 1. The van der Waals surface area contributed by atoms with Gasteiger partial charge < -0.3 is 20.5 Å². The van der Waals surface area contributed by atoms with Gasteiger partial charge in [-0.05, 0) is 25.3 Å². The van der Waals surface area contributed by atoms with Gasteiger partial charge in [0.25, 0.3) is 0 Å². The number of rotatable bonds is 5. The van der Waals surface area contributed by atoms with Crippen LogP contribution in [0.3, 0.4) is 0 Å². The zero-order valence-corrected chi connectivity index (χ0v) is 12.4. The standard InChI is InChI=1S/C15H23N3O2/c1-4-7-14-8-15(16,9-14)10-5-6-11(13(19-2)20-3)17-12(10)18-14/h5-6,13H,4,7-9,16H2,1-3H3,(H,17,18). The molecule has 0 spiro atoms. The third-order valence-corrected chi connectivity index (χ3v) is 4.54. The molecule has 1 fully saturated rings. The lowest BCUT2D eigenvalue weighted by atomic mass is 9.56. The van der Waals surface area contributed by atoms with Crippen LogP contribution in [0, 0.1) is 0 Å². The van der Waals surface area contributed by atoms with Gasteiger partial charge in [0.1, 0.15) is 5.82 Å². The molecule has 5 heteroatoms. The van der Waals surface area contributed by atoms with Gasteiger partial charge in [0.2, 0.25) is 6.29 Å². The number of hydrogen-bond donors (Lipinski definition) is 2. The van der Waals surface area contributed by atoms with Gasteiger partial charge in [-0.2, -0.15) is 0 Å². The van der Waals surface area contributed by atoms with E-state index in [2.05, 4.69) is 23.3 Å². The first kappa shape index (κ1) is 13.8. The van der Waals surface area contributed by atoms with Crippen LogP contribution in [0.4, 0.5) is 5.82 Å². The maximum Gasteiger partial charge on any atom is 0.200 e. The number of hydrogen-bond acceptors (Lipinski definition) is 5. The lowest BCUT2D eigenvalue weighted by molar-refractivity contribution is -0.108. The Balaban J connectivity index is 1.94. The highest BCUT2D eigenvalue weighted by atomic mass is 16.7. The minimum atomic E-state index is -0.434. The molecule has 1 saturated carbocycles. The number of ether oxygens (including phenoxy) is 2. The molecule has 3 heterocycles. The molecule has 3 N–H and O–H groups in total. The third-order valence-electron chi connectivity index (χ3n) is 4.54. The van der Waals surface area contributed by atoms with E-state index in [-0.39, 0.29) is 11.1 Å². The summed E-state index contributed by atoms with van der Waals surface area (Å²) < 4.78 is 10.5. The molecule has 2 aliphatic heterocycles. The van der Waals surface area contributed by atoms with Gasteiger partial charge in [0.05, 0.1) is 5.69 Å². The third kappa shape index (κ3) is 1.92. The Hall–Kier alpha value is -1.17. The maximum absolute atomic E-state index is 6.52. The number of nitrogens with two attached hydrogens (primary N) is 1.